The first kappa shape index (κ1) is 14.1. The fraction of sp³-hybridized carbons (Fsp3) is 0.538. The molecule has 19 heavy (non-hydrogen) atoms. The molecule has 2 unspecified atom stereocenters. The van der Waals surface area contributed by atoms with E-state index in [2.05, 4.69) is 6.92 Å². The predicted octanol–water partition coefficient (Wildman–Crippen LogP) is 1.55. The molecule has 1 aliphatic carbocycles. The Labute approximate surface area is 114 Å². The number of rotatable bonds is 5. The summed E-state index contributed by atoms with van der Waals surface area (Å²) >= 11 is 0. The van der Waals surface area contributed by atoms with Gasteiger partial charge in [-0.2, -0.15) is 0 Å². The highest BCUT2D eigenvalue weighted by molar-refractivity contribution is 7.89. The summed E-state index contributed by atoms with van der Waals surface area (Å²) < 4.78 is 31.2. The Morgan fingerprint density at radius 3 is 2.58 bits per heavy atom. The van der Waals surface area contributed by atoms with Gasteiger partial charge in [0.15, 0.2) is 0 Å². The van der Waals surface area contributed by atoms with Crippen LogP contribution in [0.25, 0.3) is 0 Å². The minimum absolute atomic E-state index is 0.210. The van der Waals surface area contributed by atoms with Crippen molar-refractivity contribution in [2.24, 2.45) is 11.8 Å². The quantitative estimate of drug-likeness (QED) is 0.833. The van der Waals surface area contributed by atoms with Gasteiger partial charge >= 0.3 is 0 Å². The third-order valence-electron chi connectivity index (χ3n) is 3.68. The highest BCUT2D eigenvalue weighted by Gasteiger charge is 2.36. The third-order valence-corrected chi connectivity index (χ3v) is 5.50. The molecular formula is C13H20N2O3S. The van der Waals surface area contributed by atoms with Gasteiger partial charge in [0.25, 0.3) is 0 Å². The summed E-state index contributed by atoms with van der Waals surface area (Å²) in [5, 5.41) is 0. The molecule has 1 aromatic rings. The SMILES string of the molecule is COc1ccc(S(=O)(=O)N(C)CC2CC2C)cc1N. The van der Waals surface area contributed by atoms with Crippen LogP contribution in [0.3, 0.4) is 0 Å². The topological polar surface area (TPSA) is 72.6 Å². The molecule has 2 atom stereocenters. The number of nitrogens with zero attached hydrogens (tertiary/aromatic N) is 1. The normalized spacial score (nSPS) is 22.5. The van der Waals surface area contributed by atoms with Gasteiger partial charge in [0, 0.05) is 13.6 Å². The molecule has 0 heterocycles. The Balaban J connectivity index is 2.21. The number of nitrogen functional groups attached to an aromatic ring is 1. The average molecular weight is 284 g/mol. The van der Waals surface area contributed by atoms with Crippen molar-refractivity contribution in [2.45, 2.75) is 18.2 Å². The molecule has 2 N–H and O–H groups in total. The van der Waals surface area contributed by atoms with Gasteiger partial charge in [-0.05, 0) is 36.5 Å². The van der Waals surface area contributed by atoms with Crippen LogP contribution >= 0.6 is 0 Å². The van der Waals surface area contributed by atoms with Gasteiger partial charge in [-0.25, -0.2) is 12.7 Å². The van der Waals surface area contributed by atoms with Crippen LogP contribution in [0, 0.1) is 11.8 Å². The minimum atomic E-state index is -3.47. The summed E-state index contributed by atoms with van der Waals surface area (Å²) in [6, 6.07) is 4.55. The average Bonchev–Trinajstić information content (AvgIpc) is 3.04. The fourth-order valence-corrected chi connectivity index (χ4v) is 3.40. The maximum Gasteiger partial charge on any atom is 0.242 e. The van der Waals surface area contributed by atoms with E-state index in [4.69, 9.17) is 10.5 Å². The van der Waals surface area contributed by atoms with Gasteiger partial charge in [-0.15, -0.1) is 0 Å². The van der Waals surface area contributed by atoms with Gasteiger partial charge in [-0.1, -0.05) is 6.92 Å². The fourth-order valence-electron chi connectivity index (χ4n) is 2.13. The van der Waals surface area contributed by atoms with E-state index >= 15 is 0 Å². The first-order valence-corrected chi connectivity index (χ1v) is 7.70. The molecule has 106 valence electrons. The summed E-state index contributed by atoms with van der Waals surface area (Å²) in [7, 11) is -0.355. The van der Waals surface area contributed by atoms with E-state index in [1.807, 2.05) is 0 Å². The molecule has 0 aliphatic heterocycles. The third kappa shape index (κ3) is 2.84. The number of anilines is 1. The second kappa shape index (κ2) is 5.02. The van der Waals surface area contributed by atoms with Crippen molar-refractivity contribution < 1.29 is 13.2 Å². The van der Waals surface area contributed by atoms with Crippen LogP contribution in [0.4, 0.5) is 5.69 Å². The Morgan fingerprint density at radius 2 is 2.11 bits per heavy atom. The minimum Gasteiger partial charge on any atom is -0.495 e. The predicted molar refractivity (Wildman–Crippen MR) is 74.5 cm³/mol. The second-order valence-corrected chi connectivity index (χ2v) is 7.21. The molecule has 1 saturated carbocycles. The van der Waals surface area contributed by atoms with Crippen molar-refractivity contribution >= 4 is 15.7 Å². The monoisotopic (exact) mass is 284 g/mol. The summed E-state index contributed by atoms with van der Waals surface area (Å²) in [6.45, 7) is 2.70. The lowest BCUT2D eigenvalue weighted by Crippen LogP contribution is -2.29. The van der Waals surface area contributed by atoms with Crippen LogP contribution in [-0.2, 0) is 10.0 Å². The standard InChI is InChI=1S/C13H20N2O3S/c1-9-6-10(9)8-15(2)19(16,17)11-4-5-13(18-3)12(14)7-11/h4-5,7,9-10H,6,8,14H2,1-3H3. The van der Waals surface area contributed by atoms with E-state index in [0.29, 0.717) is 29.8 Å². The van der Waals surface area contributed by atoms with Gasteiger partial charge in [0.2, 0.25) is 10.0 Å². The molecule has 0 spiro atoms. The molecule has 5 nitrogen and oxygen atoms in total. The number of benzene rings is 1. The van der Waals surface area contributed by atoms with E-state index in [1.54, 1.807) is 13.1 Å². The van der Waals surface area contributed by atoms with Crippen molar-refractivity contribution in [2.75, 3.05) is 26.4 Å². The molecule has 1 aromatic carbocycles. The highest BCUT2D eigenvalue weighted by Crippen LogP contribution is 2.39. The molecule has 1 fully saturated rings. The molecule has 0 bridgehead atoms. The first-order chi connectivity index (χ1) is 8.86. The molecule has 0 aromatic heterocycles. The zero-order valence-electron chi connectivity index (χ0n) is 11.5. The molecule has 2 rings (SSSR count). The van der Waals surface area contributed by atoms with Crippen molar-refractivity contribution in [3.63, 3.8) is 0 Å². The van der Waals surface area contributed by atoms with E-state index < -0.39 is 10.0 Å². The Kier molecular flexibility index (Phi) is 3.73. The Hall–Kier alpha value is -1.27. The van der Waals surface area contributed by atoms with Crippen LogP contribution in [0.1, 0.15) is 13.3 Å². The van der Waals surface area contributed by atoms with Crippen LogP contribution in [0.15, 0.2) is 23.1 Å². The van der Waals surface area contributed by atoms with Gasteiger partial charge < -0.3 is 10.5 Å². The van der Waals surface area contributed by atoms with E-state index in [-0.39, 0.29) is 4.90 Å². The Morgan fingerprint density at radius 1 is 1.47 bits per heavy atom. The van der Waals surface area contributed by atoms with Gasteiger partial charge in [0.05, 0.1) is 17.7 Å². The van der Waals surface area contributed by atoms with E-state index in [9.17, 15) is 8.42 Å². The summed E-state index contributed by atoms with van der Waals surface area (Å²) in [6.07, 6.45) is 1.10. The van der Waals surface area contributed by atoms with E-state index in [0.717, 1.165) is 6.42 Å². The zero-order valence-corrected chi connectivity index (χ0v) is 12.3. The number of nitrogens with two attached hydrogens (primary N) is 1. The summed E-state index contributed by atoms with van der Waals surface area (Å²) in [5.41, 5.74) is 6.09. The molecule has 0 saturated heterocycles. The van der Waals surface area contributed by atoms with E-state index in [1.165, 1.54) is 23.5 Å². The summed E-state index contributed by atoms with van der Waals surface area (Å²) in [5.74, 6) is 1.59. The number of sulfonamides is 1. The molecule has 0 amide bonds. The number of methoxy groups -OCH3 is 1. The van der Waals surface area contributed by atoms with Gasteiger partial charge in [0.1, 0.15) is 5.75 Å². The maximum atomic E-state index is 12.4. The highest BCUT2D eigenvalue weighted by atomic mass is 32.2. The lowest BCUT2D eigenvalue weighted by Gasteiger charge is -2.17. The number of ether oxygens (including phenoxy) is 1. The second-order valence-electron chi connectivity index (χ2n) is 5.16. The lowest BCUT2D eigenvalue weighted by atomic mass is 10.3. The smallest absolute Gasteiger partial charge is 0.242 e. The van der Waals surface area contributed by atoms with Crippen molar-refractivity contribution in [3.8, 4) is 5.75 Å². The molecule has 6 heteroatoms. The van der Waals surface area contributed by atoms with Crippen molar-refractivity contribution in [1.29, 1.82) is 0 Å². The largest absolute Gasteiger partial charge is 0.495 e. The lowest BCUT2D eigenvalue weighted by molar-refractivity contribution is 0.416. The van der Waals surface area contributed by atoms with Crippen LogP contribution in [0.2, 0.25) is 0 Å². The number of hydrogen-bond acceptors (Lipinski definition) is 4. The summed E-state index contributed by atoms with van der Waals surface area (Å²) in [4.78, 5) is 0.210. The maximum absolute atomic E-state index is 12.4. The molecule has 0 radical (unpaired) electrons. The van der Waals surface area contributed by atoms with Crippen molar-refractivity contribution in [3.05, 3.63) is 18.2 Å². The number of hydrogen-bond donors (Lipinski definition) is 1. The Bertz CT molecular complexity index is 571. The first-order valence-electron chi connectivity index (χ1n) is 6.26. The van der Waals surface area contributed by atoms with Crippen LogP contribution in [-0.4, -0.2) is 33.4 Å². The van der Waals surface area contributed by atoms with Gasteiger partial charge in [-0.3, -0.25) is 0 Å². The molecular weight excluding hydrogens is 264 g/mol. The zero-order chi connectivity index (χ0) is 14.2. The van der Waals surface area contributed by atoms with Crippen molar-refractivity contribution in [1.82, 2.24) is 4.31 Å². The molecule has 1 aliphatic rings. The van der Waals surface area contributed by atoms with Crippen LogP contribution in [0.5, 0.6) is 5.75 Å². The van der Waals surface area contributed by atoms with Crippen LogP contribution < -0.4 is 10.5 Å².